The van der Waals surface area contributed by atoms with Gasteiger partial charge in [-0.25, -0.2) is 4.79 Å². The molecule has 0 heterocycles. The van der Waals surface area contributed by atoms with Crippen LogP contribution >= 0.6 is 0 Å². The Kier molecular flexibility index (Phi) is 12.7. The van der Waals surface area contributed by atoms with Crippen molar-refractivity contribution in [1.29, 1.82) is 0 Å². The average Bonchev–Trinajstić information content (AvgIpc) is 2.63. The number of carbonyl (C=O) groups is 1. The number of hydrogen-bond donors (Lipinski definition) is 1. The van der Waals surface area contributed by atoms with Crippen LogP contribution in [0.2, 0.25) is 0 Å². The molecular weight excluding hydrogens is 324 g/mol. The average molecular weight is 363 g/mol. The van der Waals surface area contributed by atoms with Crippen LogP contribution in [-0.4, -0.2) is 17.2 Å². The molecule has 1 rings (SSSR count). The fraction of sp³-hybridized carbons (Fsp3) is 0.696. The normalized spacial score (nSPS) is 12.1. The zero-order valence-corrected chi connectivity index (χ0v) is 16.8. The lowest BCUT2D eigenvalue weighted by Gasteiger charge is -2.13. The van der Waals surface area contributed by atoms with Gasteiger partial charge in [-0.1, -0.05) is 77.6 Å². The van der Waals surface area contributed by atoms with Crippen LogP contribution in [0.25, 0.3) is 0 Å². The Hall–Kier alpha value is -1.51. The molecule has 0 spiro atoms. The summed E-state index contributed by atoms with van der Waals surface area (Å²) in [4.78, 5) is 12.0. The van der Waals surface area contributed by atoms with Crippen LogP contribution in [0.1, 0.15) is 108 Å². The molecule has 26 heavy (non-hydrogen) atoms. The molecule has 0 amide bonds. The summed E-state index contributed by atoms with van der Waals surface area (Å²) in [6.45, 7) is 4.22. The van der Waals surface area contributed by atoms with Crippen LogP contribution in [0, 0.1) is 0 Å². The summed E-state index contributed by atoms with van der Waals surface area (Å²) in [5.74, 6) is -0.150. The van der Waals surface area contributed by atoms with Crippen molar-refractivity contribution in [2.24, 2.45) is 0 Å². The maximum absolute atomic E-state index is 12.0. The Bertz CT molecular complexity index is 467. The van der Waals surface area contributed by atoms with Gasteiger partial charge in [0.25, 0.3) is 0 Å². The maximum Gasteiger partial charge on any atom is 0.338 e. The second kappa shape index (κ2) is 14.6. The van der Waals surface area contributed by atoms with Crippen LogP contribution in [-0.2, 0) is 4.74 Å². The van der Waals surface area contributed by atoms with Gasteiger partial charge < -0.3 is 9.84 Å². The van der Waals surface area contributed by atoms with Gasteiger partial charge in [-0.05, 0) is 44.0 Å². The molecule has 3 nitrogen and oxygen atoms in total. The van der Waals surface area contributed by atoms with Gasteiger partial charge in [0, 0.05) is 0 Å². The van der Waals surface area contributed by atoms with Crippen molar-refractivity contribution in [3.05, 3.63) is 29.8 Å². The number of phenolic OH excluding ortho intramolecular Hbond substituents is 1. The predicted octanol–water partition coefficient (Wildman–Crippen LogP) is 7.03. The molecule has 1 N–H and O–H groups in total. The van der Waals surface area contributed by atoms with E-state index in [-0.39, 0.29) is 17.8 Å². The molecule has 1 aromatic carbocycles. The lowest BCUT2D eigenvalue weighted by Crippen LogP contribution is -2.14. The van der Waals surface area contributed by atoms with Gasteiger partial charge in [-0.2, -0.15) is 0 Å². The maximum atomic E-state index is 12.0. The van der Waals surface area contributed by atoms with E-state index in [9.17, 15) is 9.90 Å². The highest BCUT2D eigenvalue weighted by atomic mass is 16.5. The van der Waals surface area contributed by atoms with Crippen LogP contribution < -0.4 is 0 Å². The fourth-order valence-corrected chi connectivity index (χ4v) is 3.18. The quantitative estimate of drug-likeness (QED) is 0.269. The van der Waals surface area contributed by atoms with Gasteiger partial charge in [0.1, 0.15) is 5.75 Å². The minimum absolute atomic E-state index is 0.0561. The Balaban J connectivity index is 1.94. The summed E-state index contributed by atoms with van der Waals surface area (Å²) in [7, 11) is 0. The second-order valence-corrected chi connectivity index (χ2v) is 7.44. The summed E-state index contributed by atoms with van der Waals surface area (Å²) in [6.07, 6.45) is 16.9. The summed E-state index contributed by atoms with van der Waals surface area (Å²) < 4.78 is 5.46. The third kappa shape index (κ3) is 11.2. The topological polar surface area (TPSA) is 46.5 Å². The number of esters is 1. The number of phenols is 1. The third-order valence-electron chi connectivity index (χ3n) is 4.88. The van der Waals surface area contributed by atoms with Crippen molar-refractivity contribution in [3.63, 3.8) is 0 Å². The van der Waals surface area contributed by atoms with Gasteiger partial charge in [-0.3, -0.25) is 0 Å². The Morgan fingerprint density at radius 1 is 0.846 bits per heavy atom. The van der Waals surface area contributed by atoms with E-state index in [4.69, 9.17) is 4.74 Å². The van der Waals surface area contributed by atoms with Crippen molar-refractivity contribution in [3.8, 4) is 5.75 Å². The molecule has 0 aliphatic heterocycles. The monoisotopic (exact) mass is 362 g/mol. The molecule has 3 heteroatoms. The number of rotatable bonds is 15. The molecule has 0 fully saturated rings. The molecule has 0 radical (unpaired) electrons. The molecule has 0 saturated heterocycles. The van der Waals surface area contributed by atoms with E-state index in [1.165, 1.54) is 82.8 Å². The number of aromatic hydroxyl groups is 1. The number of carbonyl (C=O) groups excluding carboxylic acids is 1. The van der Waals surface area contributed by atoms with Crippen LogP contribution in [0.15, 0.2) is 24.3 Å². The van der Waals surface area contributed by atoms with E-state index in [0.717, 1.165) is 12.8 Å². The Labute approximate surface area is 160 Å². The molecule has 148 valence electrons. The highest BCUT2D eigenvalue weighted by Crippen LogP contribution is 2.15. The van der Waals surface area contributed by atoms with E-state index in [2.05, 4.69) is 6.92 Å². The molecule has 1 aromatic rings. The standard InChI is InChI=1S/C23H38O3/c1-3-4-5-6-7-8-9-10-11-12-13-14-15-20(2)26-23(25)21-16-18-22(24)19-17-21/h16-20,24H,3-15H2,1-2H3. The van der Waals surface area contributed by atoms with Gasteiger partial charge in [0.2, 0.25) is 0 Å². The second-order valence-electron chi connectivity index (χ2n) is 7.44. The predicted molar refractivity (Wildman–Crippen MR) is 109 cm³/mol. The van der Waals surface area contributed by atoms with Crippen molar-refractivity contribution in [2.75, 3.05) is 0 Å². The lowest BCUT2D eigenvalue weighted by atomic mass is 10.0. The van der Waals surface area contributed by atoms with E-state index in [0.29, 0.717) is 5.56 Å². The van der Waals surface area contributed by atoms with E-state index in [1.54, 1.807) is 12.1 Å². The smallest absolute Gasteiger partial charge is 0.338 e. The highest BCUT2D eigenvalue weighted by molar-refractivity contribution is 5.89. The summed E-state index contributed by atoms with van der Waals surface area (Å²) in [5, 5.41) is 9.25. The van der Waals surface area contributed by atoms with Gasteiger partial charge >= 0.3 is 5.97 Å². The van der Waals surface area contributed by atoms with Crippen molar-refractivity contribution >= 4 is 5.97 Å². The molecule has 1 unspecified atom stereocenters. The lowest BCUT2D eigenvalue weighted by molar-refractivity contribution is 0.0319. The summed E-state index contributed by atoms with van der Waals surface area (Å²) in [5.41, 5.74) is 0.490. The minimum atomic E-state index is -0.309. The highest BCUT2D eigenvalue weighted by Gasteiger charge is 2.11. The minimum Gasteiger partial charge on any atom is -0.508 e. The molecule has 0 aliphatic rings. The largest absolute Gasteiger partial charge is 0.508 e. The number of benzene rings is 1. The molecule has 0 bridgehead atoms. The van der Waals surface area contributed by atoms with E-state index >= 15 is 0 Å². The summed E-state index contributed by atoms with van der Waals surface area (Å²) in [6, 6.07) is 6.20. The van der Waals surface area contributed by atoms with Crippen LogP contribution in [0.3, 0.4) is 0 Å². The van der Waals surface area contributed by atoms with Crippen molar-refractivity contribution < 1.29 is 14.6 Å². The zero-order chi connectivity index (χ0) is 19.0. The SMILES string of the molecule is CCCCCCCCCCCCCCC(C)OC(=O)c1ccc(O)cc1. The zero-order valence-electron chi connectivity index (χ0n) is 16.8. The summed E-state index contributed by atoms with van der Waals surface area (Å²) >= 11 is 0. The molecular formula is C23H38O3. The number of ether oxygens (including phenoxy) is 1. The first-order chi connectivity index (χ1) is 12.6. The molecule has 1 atom stereocenters. The van der Waals surface area contributed by atoms with Crippen molar-refractivity contribution in [1.82, 2.24) is 0 Å². The first-order valence-corrected chi connectivity index (χ1v) is 10.6. The Morgan fingerprint density at radius 2 is 1.31 bits per heavy atom. The third-order valence-corrected chi connectivity index (χ3v) is 4.88. The van der Waals surface area contributed by atoms with Gasteiger partial charge in [-0.15, -0.1) is 0 Å². The van der Waals surface area contributed by atoms with Crippen molar-refractivity contribution in [2.45, 2.75) is 103 Å². The fourth-order valence-electron chi connectivity index (χ4n) is 3.18. The van der Waals surface area contributed by atoms with E-state index < -0.39 is 0 Å². The molecule has 0 aliphatic carbocycles. The first-order valence-electron chi connectivity index (χ1n) is 10.6. The molecule has 0 saturated carbocycles. The Morgan fingerprint density at radius 3 is 1.81 bits per heavy atom. The number of hydrogen-bond acceptors (Lipinski definition) is 3. The van der Waals surface area contributed by atoms with Gasteiger partial charge in [0.05, 0.1) is 11.7 Å². The number of unbranched alkanes of at least 4 members (excludes halogenated alkanes) is 11. The van der Waals surface area contributed by atoms with Crippen LogP contribution in [0.5, 0.6) is 5.75 Å². The van der Waals surface area contributed by atoms with Gasteiger partial charge in [0.15, 0.2) is 0 Å². The molecule has 0 aromatic heterocycles. The van der Waals surface area contributed by atoms with Crippen LogP contribution in [0.4, 0.5) is 0 Å². The first kappa shape index (κ1) is 22.5. The van der Waals surface area contributed by atoms with E-state index in [1.807, 2.05) is 6.92 Å².